The van der Waals surface area contributed by atoms with E-state index in [1.807, 2.05) is 12.1 Å². The van der Waals surface area contributed by atoms with Crippen LogP contribution in [0.5, 0.6) is 5.75 Å². The van der Waals surface area contributed by atoms with E-state index >= 15 is 0 Å². The second-order valence-corrected chi connectivity index (χ2v) is 7.60. The van der Waals surface area contributed by atoms with Crippen LogP contribution in [0.3, 0.4) is 0 Å². The normalized spacial score (nSPS) is 17.8. The summed E-state index contributed by atoms with van der Waals surface area (Å²) in [6.45, 7) is 10.5. The van der Waals surface area contributed by atoms with Gasteiger partial charge in [0, 0.05) is 5.56 Å². The molecule has 0 radical (unpaired) electrons. The number of carbonyl (C=O) groups is 1. The lowest BCUT2D eigenvalue weighted by Gasteiger charge is -2.33. The average Bonchev–Trinajstić information content (AvgIpc) is 2.58. The van der Waals surface area contributed by atoms with Crippen molar-refractivity contribution in [2.75, 3.05) is 7.11 Å². The van der Waals surface area contributed by atoms with E-state index in [9.17, 15) is 4.79 Å². The topological polar surface area (TPSA) is 35.5 Å². The predicted octanol–water partition coefficient (Wildman–Crippen LogP) is 5.89. The van der Waals surface area contributed by atoms with Crippen LogP contribution in [0.25, 0.3) is 6.08 Å². The maximum atomic E-state index is 12.0. The van der Waals surface area contributed by atoms with E-state index in [1.165, 1.54) is 18.3 Å². The lowest BCUT2D eigenvalue weighted by Crippen LogP contribution is -2.32. The van der Waals surface area contributed by atoms with Gasteiger partial charge in [0.15, 0.2) is 0 Å². The highest BCUT2D eigenvalue weighted by Gasteiger charge is 2.29. The number of esters is 1. The van der Waals surface area contributed by atoms with Crippen LogP contribution in [0, 0.1) is 0 Å². The highest BCUT2D eigenvalue weighted by atomic mass is 16.5. The Balaban J connectivity index is 2.39. The first kappa shape index (κ1) is 20.0. The lowest BCUT2D eigenvalue weighted by molar-refractivity contribution is 0.0600. The van der Waals surface area contributed by atoms with E-state index in [0.717, 1.165) is 36.1 Å². The molecule has 26 heavy (non-hydrogen) atoms. The van der Waals surface area contributed by atoms with E-state index in [2.05, 4.69) is 58.9 Å². The van der Waals surface area contributed by atoms with Gasteiger partial charge in [-0.1, -0.05) is 29.4 Å². The third-order valence-electron chi connectivity index (χ3n) is 4.49. The number of rotatable bonds is 6. The molecule has 0 aliphatic carbocycles. The Labute approximate surface area is 157 Å². The molecule has 140 valence electrons. The maximum absolute atomic E-state index is 12.0. The summed E-state index contributed by atoms with van der Waals surface area (Å²) >= 11 is 0. The molecule has 1 aromatic rings. The van der Waals surface area contributed by atoms with Crippen molar-refractivity contribution in [3.63, 3.8) is 0 Å². The molecule has 0 fully saturated rings. The summed E-state index contributed by atoms with van der Waals surface area (Å²) < 4.78 is 11.3. The molecule has 1 aliphatic rings. The standard InChI is InChI=1S/C23H30O3/c1-16(2)8-7-12-23(5)13-11-19-15-20(22(24)25-6)14-18(21(19)26-23)10-9-17(3)4/h8-9,11,13-15H,7,10,12H2,1-6H3/t23-/m0/s1. The van der Waals surface area contributed by atoms with Gasteiger partial charge >= 0.3 is 5.97 Å². The minimum atomic E-state index is -0.342. The fourth-order valence-corrected chi connectivity index (χ4v) is 2.98. The first-order chi connectivity index (χ1) is 12.2. The van der Waals surface area contributed by atoms with Gasteiger partial charge < -0.3 is 9.47 Å². The van der Waals surface area contributed by atoms with Crippen molar-refractivity contribution in [2.24, 2.45) is 0 Å². The SMILES string of the molecule is COC(=O)c1cc2c(c(CC=C(C)C)c1)O[C@@](C)(CCC=C(C)C)C=C2. The zero-order chi connectivity index (χ0) is 19.3. The third-order valence-corrected chi connectivity index (χ3v) is 4.49. The van der Waals surface area contributed by atoms with Gasteiger partial charge in [-0.2, -0.15) is 0 Å². The van der Waals surface area contributed by atoms with Crippen molar-refractivity contribution in [1.82, 2.24) is 0 Å². The van der Waals surface area contributed by atoms with E-state index in [0.29, 0.717) is 5.56 Å². The van der Waals surface area contributed by atoms with Crippen LogP contribution < -0.4 is 4.74 Å². The number of hydrogen-bond donors (Lipinski definition) is 0. The highest BCUT2D eigenvalue weighted by Crippen LogP contribution is 2.37. The van der Waals surface area contributed by atoms with Crippen LogP contribution in [-0.2, 0) is 11.2 Å². The number of benzene rings is 1. The molecule has 1 aliphatic heterocycles. The molecule has 1 aromatic carbocycles. The van der Waals surface area contributed by atoms with Gasteiger partial charge in [0.1, 0.15) is 11.4 Å². The Hall–Kier alpha value is -2.29. The summed E-state index contributed by atoms with van der Waals surface area (Å²) in [6.07, 6.45) is 11.2. The van der Waals surface area contributed by atoms with Gasteiger partial charge in [-0.15, -0.1) is 0 Å². The molecule has 3 heteroatoms. The maximum Gasteiger partial charge on any atom is 0.337 e. The molecule has 2 rings (SSSR count). The number of methoxy groups -OCH3 is 1. The van der Waals surface area contributed by atoms with Crippen LogP contribution in [0.2, 0.25) is 0 Å². The summed E-state index contributed by atoms with van der Waals surface area (Å²) in [4.78, 5) is 12.0. The zero-order valence-electron chi connectivity index (χ0n) is 16.8. The molecule has 0 saturated carbocycles. The number of ether oxygens (including phenoxy) is 2. The smallest absolute Gasteiger partial charge is 0.337 e. The van der Waals surface area contributed by atoms with Crippen molar-refractivity contribution >= 4 is 12.0 Å². The van der Waals surface area contributed by atoms with Gasteiger partial charge in [-0.05, 0) is 77.7 Å². The van der Waals surface area contributed by atoms with Gasteiger partial charge in [-0.3, -0.25) is 0 Å². The second-order valence-electron chi connectivity index (χ2n) is 7.60. The van der Waals surface area contributed by atoms with Crippen molar-refractivity contribution in [3.05, 3.63) is 58.2 Å². The van der Waals surface area contributed by atoms with E-state index < -0.39 is 0 Å². The number of carbonyl (C=O) groups excluding carboxylic acids is 1. The Kier molecular flexibility index (Phi) is 6.47. The van der Waals surface area contributed by atoms with Crippen LogP contribution in [0.1, 0.15) is 68.9 Å². The summed E-state index contributed by atoms with van der Waals surface area (Å²) in [5.74, 6) is 0.550. The molecule has 0 spiro atoms. The monoisotopic (exact) mass is 354 g/mol. The molecule has 0 bridgehead atoms. The fourth-order valence-electron chi connectivity index (χ4n) is 2.98. The van der Waals surface area contributed by atoms with Gasteiger partial charge in [0.05, 0.1) is 12.7 Å². The minimum Gasteiger partial charge on any atom is -0.483 e. The van der Waals surface area contributed by atoms with E-state index in [4.69, 9.17) is 9.47 Å². The van der Waals surface area contributed by atoms with Crippen LogP contribution in [-0.4, -0.2) is 18.7 Å². The second kappa shape index (κ2) is 8.39. The Bertz CT molecular complexity index is 760. The van der Waals surface area contributed by atoms with Gasteiger partial charge in [0.2, 0.25) is 0 Å². The minimum absolute atomic E-state index is 0.323. The molecule has 0 N–H and O–H groups in total. The first-order valence-electron chi connectivity index (χ1n) is 9.14. The number of fused-ring (bicyclic) bond motifs is 1. The molecular formula is C23H30O3. The van der Waals surface area contributed by atoms with Crippen LogP contribution in [0.15, 0.2) is 41.5 Å². The van der Waals surface area contributed by atoms with Gasteiger partial charge in [0.25, 0.3) is 0 Å². The van der Waals surface area contributed by atoms with Crippen LogP contribution in [0.4, 0.5) is 0 Å². The Morgan fingerprint density at radius 3 is 2.46 bits per heavy atom. The van der Waals surface area contributed by atoms with Crippen molar-refractivity contribution in [3.8, 4) is 5.75 Å². The molecule has 0 unspecified atom stereocenters. The Morgan fingerprint density at radius 2 is 1.85 bits per heavy atom. The molecule has 1 heterocycles. The molecule has 0 amide bonds. The fraction of sp³-hybridized carbons (Fsp3) is 0.435. The lowest BCUT2D eigenvalue weighted by atomic mass is 9.92. The summed E-state index contributed by atoms with van der Waals surface area (Å²) in [6, 6.07) is 3.74. The quantitative estimate of drug-likeness (QED) is 0.472. The number of hydrogen-bond acceptors (Lipinski definition) is 3. The highest BCUT2D eigenvalue weighted by molar-refractivity contribution is 5.91. The predicted molar refractivity (Wildman–Crippen MR) is 108 cm³/mol. The summed E-state index contributed by atoms with van der Waals surface area (Å²) in [5, 5.41) is 0. The third kappa shape index (κ3) is 5.10. The number of allylic oxidation sites excluding steroid dienone is 4. The average molecular weight is 354 g/mol. The largest absolute Gasteiger partial charge is 0.483 e. The molecule has 1 atom stereocenters. The Morgan fingerprint density at radius 1 is 1.15 bits per heavy atom. The zero-order valence-corrected chi connectivity index (χ0v) is 16.8. The van der Waals surface area contributed by atoms with Crippen molar-refractivity contribution < 1.29 is 14.3 Å². The van der Waals surface area contributed by atoms with Crippen molar-refractivity contribution in [1.29, 1.82) is 0 Å². The van der Waals surface area contributed by atoms with Crippen molar-refractivity contribution in [2.45, 2.75) is 59.5 Å². The van der Waals surface area contributed by atoms with E-state index in [-0.39, 0.29) is 11.6 Å². The van der Waals surface area contributed by atoms with Gasteiger partial charge in [-0.25, -0.2) is 4.79 Å². The molecule has 0 aromatic heterocycles. The van der Waals surface area contributed by atoms with E-state index in [1.54, 1.807) is 0 Å². The molecular weight excluding hydrogens is 324 g/mol. The molecule has 3 nitrogen and oxygen atoms in total. The summed E-state index contributed by atoms with van der Waals surface area (Å²) in [7, 11) is 1.41. The van der Waals surface area contributed by atoms with Crippen LogP contribution >= 0.6 is 0 Å². The first-order valence-corrected chi connectivity index (χ1v) is 9.14. The molecule has 0 saturated heterocycles. The summed E-state index contributed by atoms with van der Waals surface area (Å²) in [5.41, 5.74) is 4.72.